The fourth-order valence-electron chi connectivity index (χ4n) is 9.47. The van der Waals surface area contributed by atoms with E-state index in [1.54, 1.807) is 0 Å². The standard InChI is InChI=1S/C77H128O6/c1-4-7-10-13-16-19-22-25-27-29-31-33-34-35-36-37-38-39-40-41-42-43-44-45-47-48-50-52-55-58-61-64-67-70-76(79)82-73-74(72-81-75(78)69-66-63-60-57-54-24-21-18-15-12-9-6-3)83-77(80)71-68-65-62-59-56-53-51-49-46-32-30-28-26-23-20-17-14-11-8-5-2/h7,10,16,18-19,21,25,27,31,33,35-36,38-39,41-42,44-45,48,50,55,58,74H,4-6,8-9,11-15,17,20,22-24,26,28-30,32,34,37,40,43,46-47,49,51-54,56-57,59-73H2,1-3H3/b10-7-,19-16-,21-18-,27-25-,33-31-,36-35-,39-38-,42-41-,45-44-,50-48-,58-55-. The Labute approximate surface area is 513 Å². The second-order valence-corrected chi connectivity index (χ2v) is 22.7. The second-order valence-electron chi connectivity index (χ2n) is 22.7. The number of carbonyl (C=O) groups excluding carboxylic acids is 3. The van der Waals surface area contributed by atoms with Crippen molar-refractivity contribution in [3.63, 3.8) is 0 Å². The van der Waals surface area contributed by atoms with Crippen molar-refractivity contribution >= 4 is 17.9 Å². The lowest BCUT2D eigenvalue weighted by Crippen LogP contribution is -2.30. The van der Waals surface area contributed by atoms with Crippen LogP contribution >= 0.6 is 0 Å². The first-order valence-corrected chi connectivity index (χ1v) is 34.7. The maximum absolute atomic E-state index is 12.9. The molecule has 0 heterocycles. The number of rotatable bonds is 62. The summed E-state index contributed by atoms with van der Waals surface area (Å²) in [5, 5.41) is 0. The average molecular weight is 1150 g/mol. The molecule has 0 bridgehead atoms. The lowest BCUT2D eigenvalue weighted by molar-refractivity contribution is -0.167. The minimum absolute atomic E-state index is 0.0963. The van der Waals surface area contributed by atoms with Gasteiger partial charge >= 0.3 is 17.9 Å². The van der Waals surface area contributed by atoms with Crippen LogP contribution in [0.2, 0.25) is 0 Å². The van der Waals surface area contributed by atoms with Crippen LogP contribution in [0.1, 0.15) is 316 Å². The minimum Gasteiger partial charge on any atom is -0.462 e. The van der Waals surface area contributed by atoms with Gasteiger partial charge in [-0.25, -0.2) is 0 Å². The highest BCUT2D eigenvalue weighted by molar-refractivity contribution is 5.71. The average Bonchev–Trinajstić information content (AvgIpc) is 3.49. The Bertz CT molecular complexity index is 1750. The Morgan fingerprint density at radius 1 is 0.253 bits per heavy atom. The molecule has 0 aliphatic rings. The highest BCUT2D eigenvalue weighted by Crippen LogP contribution is 2.17. The van der Waals surface area contributed by atoms with Crippen LogP contribution in [0.5, 0.6) is 0 Å². The summed E-state index contributed by atoms with van der Waals surface area (Å²) in [5.74, 6) is -0.942. The molecule has 0 saturated carbocycles. The summed E-state index contributed by atoms with van der Waals surface area (Å²) in [6.45, 7) is 6.49. The normalized spacial score (nSPS) is 13.0. The van der Waals surface area contributed by atoms with Crippen molar-refractivity contribution in [2.75, 3.05) is 13.2 Å². The molecule has 1 unspecified atom stereocenters. The molecular weight excluding hydrogens is 1020 g/mol. The third-order valence-electron chi connectivity index (χ3n) is 14.6. The van der Waals surface area contributed by atoms with E-state index in [-0.39, 0.29) is 31.1 Å². The van der Waals surface area contributed by atoms with Crippen LogP contribution in [-0.2, 0) is 28.6 Å². The van der Waals surface area contributed by atoms with Crippen molar-refractivity contribution in [2.24, 2.45) is 0 Å². The van der Waals surface area contributed by atoms with Crippen LogP contribution in [-0.4, -0.2) is 37.2 Å². The van der Waals surface area contributed by atoms with Crippen molar-refractivity contribution in [3.8, 4) is 0 Å². The van der Waals surface area contributed by atoms with Crippen LogP contribution in [0, 0.1) is 0 Å². The molecule has 0 saturated heterocycles. The first-order valence-electron chi connectivity index (χ1n) is 34.7. The molecule has 1 atom stereocenters. The van der Waals surface area contributed by atoms with Gasteiger partial charge in [0.25, 0.3) is 0 Å². The summed E-state index contributed by atoms with van der Waals surface area (Å²) in [7, 11) is 0. The first-order chi connectivity index (χ1) is 41.0. The molecule has 0 aliphatic carbocycles. The number of unbranched alkanes of at least 4 members (excludes halogenated alkanes) is 29. The number of allylic oxidation sites excluding steroid dienone is 22. The SMILES string of the molecule is CC/C=C\C/C=C\C/C=C\C/C=C\C/C=C\C/C=C\C/C=C\C/C=C\C/C=C\C/C=C\CCCCC(=O)OCC(COC(=O)CCCCCCC/C=C\CCCCC)OC(=O)CCCCCCCCCCCCCCCCCCCCCC. The van der Waals surface area contributed by atoms with Crippen molar-refractivity contribution in [2.45, 2.75) is 322 Å². The van der Waals surface area contributed by atoms with E-state index in [0.717, 1.165) is 128 Å². The molecule has 0 amide bonds. The molecule has 0 fully saturated rings. The maximum atomic E-state index is 12.9. The zero-order valence-corrected chi connectivity index (χ0v) is 54.2. The summed E-state index contributed by atoms with van der Waals surface area (Å²) < 4.78 is 16.9. The fraction of sp³-hybridized carbons (Fsp3) is 0.675. The largest absolute Gasteiger partial charge is 0.462 e. The predicted molar refractivity (Wildman–Crippen MR) is 362 cm³/mol. The van der Waals surface area contributed by atoms with Gasteiger partial charge in [0.1, 0.15) is 13.2 Å². The highest BCUT2D eigenvalue weighted by atomic mass is 16.6. The van der Waals surface area contributed by atoms with Crippen LogP contribution in [0.25, 0.3) is 0 Å². The molecule has 0 aromatic heterocycles. The molecule has 6 nitrogen and oxygen atoms in total. The van der Waals surface area contributed by atoms with Crippen LogP contribution < -0.4 is 0 Å². The van der Waals surface area contributed by atoms with E-state index < -0.39 is 6.10 Å². The van der Waals surface area contributed by atoms with Crippen LogP contribution in [0.3, 0.4) is 0 Å². The zero-order valence-electron chi connectivity index (χ0n) is 54.2. The molecule has 0 radical (unpaired) electrons. The fourth-order valence-corrected chi connectivity index (χ4v) is 9.47. The van der Waals surface area contributed by atoms with Crippen molar-refractivity contribution in [1.29, 1.82) is 0 Å². The number of ether oxygens (including phenoxy) is 3. The Kier molecular flexibility index (Phi) is 66.3. The highest BCUT2D eigenvalue weighted by Gasteiger charge is 2.19. The Balaban J connectivity index is 4.36. The number of carbonyl (C=O) groups is 3. The zero-order chi connectivity index (χ0) is 59.9. The van der Waals surface area contributed by atoms with Crippen molar-refractivity contribution in [3.05, 3.63) is 134 Å². The summed E-state index contributed by atoms with van der Waals surface area (Å²) in [4.78, 5) is 38.3. The number of esters is 3. The van der Waals surface area contributed by atoms with E-state index in [0.29, 0.717) is 25.7 Å². The van der Waals surface area contributed by atoms with Crippen LogP contribution in [0.4, 0.5) is 0 Å². The van der Waals surface area contributed by atoms with Gasteiger partial charge in [0, 0.05) is 19.3 Å². The lowest BCUT2D eigenvalue weighted by atomic mass is 10.0. The van der Waals surface area contributed by atoms with Gasteiger partial charge in [-0.05, 0) is 122 Å². The first kappa shape index (κ1) is 78.5. The van der Waals surface area contributed by atoms with Gasteiger partial charge in [-0.3, -0.25) is 14.4 Å². The monoisotopic (exact) mass is 1150 g/mol. The van der Waals surface area contributed by atoms with E-state index in [4.69, 9.17) is 14.2 Å². The summed E-state index contributed by atoms with van der Waals surface area (Å²) in [6.07, 6.45) is 99.1. The molecule has 0 N–H and O–H groups in total. The molecule has 6 heteroatoms. The van der Waals surface area contributed by atoms with E-state index in [1.165, 1.54) is 141 Å². The van der Waals surface area contributed by atoms with Gasteiger partial charge in [-0.1, -0.05) is 309 Å². The number of hydrogen-bond acceptors (Lipinski definition) is 6. The van der Waals surface area contributed by atoms with Gasteiger partial charge in [-0.15, -0.1) is 0 Å². The van der Waals surface area contributed by atoms with E-state index >= 15 is 0 Å². The molecule has 0 aromatic rings. The van der Waals surface area contributed by atoms with Gasteiger partial charge < -0.3 is 14.2 Å². The Morgan fingerprint density at radius 2 is 0.470 bits per heavy atom. The molecule has 83 heavy (non-hydrogen) atoms. The summed E-state index contributed by atoms with van der Waals surface area (Å²) in [6, 6.07) is 0. The molecule has 0 aliphatic heterocycles. The summed E-state index contributed by atoms with van der Waals surface area (Å²) >= 11 is 0. The van der Waals surface area contributed by atoms with E-state index in [9.17, 15) is 14.4 Å². The molecule has 0 aromatic carbocycles. The van der Waals surface area contributed by atoms with Gasteiger partial charge in [-0.2, -0.15) is 0 Å². The van der Waals surface area contributed by atoms with Crippen molar-refractivity contribution in [1.82, 2.24) is 0 Å². The maximum Gasteiger partial charge on any atom is 0.306 e. The third-order valence-corrected chi connectivity index (χ3v) is 14.6. The molecular formula is C77H128O6. The smallest absolute Gasteiger partial charge is 0.306 e. The Morgan fingerprint density at radius 3 is 0.795 bits per heavy atom. The third kappa shape index (κ3) is 68.2. The minimum atomic E-state index is -0.802. The lowest BCUT2D eigenvalue weighted by Gasteiger charge is -2.18. The second kappa shape index (κ2) is 70.0. The van der Waals surface area contributed by atoms with Gasteiger partial charge in [0.05, 0.1) is 0 Å². The number of hydrogen-bond donors (Lipinski definition) is 0. The van der Waals surface area contributed by atoms with Gasteiger partial charge in [0.15, 0.2) is 6.10 Å². The summed E-state index contributed by atoms with van der Waals surface area (Å²) in [5.41, 5.74) is 0. The Hall–Kier alpha value is -4.45. The molecule has 0 rings (SSSR count). The predicted octanol–water partition coefficient (Wildman–Crippen LogP) is 24.1. The molecule has 472 valence electrons. The van der Waals surface area contributed by atoms with E-state index in [1.807, 2.05) is 0 Å². The molecule has 0 spiro atoms. The van der Waals surface area contributed by atoms with Crippen molar-refractivity contribution < 1.29 is 28.6 Å². The van der Waals surface area contributed by atoms with Crippen LogP contribution in [0.15, 0.2) is 134 Å². The topological polar surface area (TPSA) is 78.9 Å². The van der Waals surface area contributed by atoms with Gasteiger partial charge in [0.2, 0.25) is 0 Å². The van der Waals surface area contributed by atoms with E-state index in [2.05, 4.69) is 154 Å². The quantitative estimate of drug-likeness (QED) is 0.0261.